The third-order valence-electron chi connectivity index (χ3n) is 7.28. The van der Waals surface area contributed by atoms with Crippen LogP contribution in [0.1, 0.15) is 49.8 Å². The van der Waals surface area contributed by atoms with Gasteiger partial charge in [0.15, 0.2) is 11.5 Å². The standard InChI is InChI=1S/C22H25F3N2O2/c1-28-16-4-3-15(8-17(16)29-2)19-18(20(27-26-19)22(23,24)25)21-9-12-5-13(10-21)7-14(6-12)11-21/h3-4,8,12-14H,5-7,9-11H2,1-2H3,(H,26,27). The van der Waals surface area contributed by atoms with E-state index >= 15 is 0 Å². The Balaban J connectivity index is 1.68. The summed E-state index contributed by atoms with van der Waals surface area (Å²) >= 11 is 0. The first-order valence-electron chi connectivity index (χ1n) is 10.2. The van der Waals surface area contributed by atoms with Crippen LogP contribution in [0, 0.1) is 17.8 Å². The molecule has 0 aliphatic heterocycles. The molecule has 0 spiro atoms. The van der Waals surface area contributed by atoms with E-state index in [4.69, 9.17) is 9.47 Å². The Labute approximate surface area is 167 Å². The summed E-state index contributed by atoms with van der Waals surface area (Å²) in [4.78, 5) is 0. The van der Waals surface area contributed by atoms with Crippen molar-refractivity contribution in [1.29, 1.82) is 0 Å². The third kappa shape index (κ3) is 2.92. The zero-order valence-electron chi connectivity index (χ0n) is 16.6. The normalized spacial score (nSPS) is 30.6. The number of aromatic nitrogens is 2. The van der Waals surface area contributed by atoms with Crippen LogP contribution in [-0.2, 0) is 11.6 Å². The van der Waals surface area contributed by atoms with Crippen LogP contribution in [0.5, 0.6) is 11.5 Å². The lowest BCUT2D eigenvalue weighted by atomic mass is 9.47. The molecule has 4 aliphatic carbocycles. The van der Waals surface area contributed by atoms with Crippen molar-refractivity contribution >= 4 is 0 Å². The minimum Gasteiger partial charge on any atom is -0.493 e. The number of H-pyrrole nitrogens is 1. The van der Waals surface area contributed by atoms with Gasteiger partial charge >= 0.3 is 6.18 Å². The second kappa shape index (κ2) is 6.41. The highest BCUT2D eigenvalue weighted by atomic mass is 19.4. The van der Waals surface area contributed by atoms with Crippen LogP contribution in [0.4, 0.5) is 13.2 Å². The fourth-order valence-electron chi connectivity index (χ4n) is 6.67. The number of hydrogen-bond donors (Lipinski definition) is 1. The first kappa shape index (κ1) is 18.8. The number of alkyl halides is 3. The summed E-state index contributed by atoms with van der Waals surface area (Å²) in [6.45, 7) is 0. The molecular formula is C22H25F3N2O2. The zero-order chi connectivity index (χ0) is 20.4. The fraction of sp³-hybridized carbons (Fsp3) is 0.591. The molecule has 0 radical (unpaired) electrons. The van der Waals surface area contributed by atoms with Crippen molar-refractivity contribution in [3.05, 3.63) is 29.5 Å². The van der Waals surface area contributed by atoms with Gasteiger partial charge in [-0.1, -0.05) is 0 Å². The van der Waals surface area contributed by atoms with E-state index in [1.165, 1.54) is 33.5 Å². The summed E-state index contributed by atoms with van der Waals surface area (Å²) in [6.07, 6.45) is 1.56. The van der Waals surface area contributed by atoms with Crippen molar-refractivity contribution in [2.75, 3.05) is 14.2 Å². The van der Waals surface area contributed by atoms with Gasteiger partial charge in [-0.05, 0) is 74.5 Å². The van der Waals surface area contributed by atoms with Crippen molar-refractivity contribution in [3.8, 4) is 22.8 Å². The molecule has 4 aliphatic rings. The van der Waals surface area contributed by atoms with Crippen LogP contribution in [0.3, 0.4) is 0 Å². The predicted molar refractivity (Wildman–Crippen MR) is 102 cm³/mol. The maximum atomic E-state index is 14.0. The maximum Gasteiger partial charge on any atom is 0.433 e. The number of ether oxygens (including phenoxy) is 2. The van der Waals surface area contributed by atoms with E-state index in [1.54, 1.807) is 18.2 Å². The molecule has 4 nitrogen and oxygen atoms in total. The Hall–Kier alpha value is -2.18. The summed E-state index contributed by atoms with van der Waals surface area (Å²) in [6, 6.07) is 5.21. The quantitative estimate of drug-likeness (QED) is 0.721. The number of halogens is 3. The largest absolute Gasteiger partial charge is 0.493 e. The Bertz CT molecular complexity index is 899. The molecule has 4 saturated carbocycles. The maximum absolute atomic E-state index is 14.0. The lowest BCUT2D eigenvalue weighted by Crippen LogP contribution is -2.49. The number of rotatable bonds is 4. The molecule has 7 heteroatoms. The van der Waals surface area contributed by atoms with E-state index in [-0.39, 0.29) is 0 Å². The van der Waals surface area contributed by atoms with E-state index in [0.29, 0.717) is 46.1 Å². The smallest absolute Gasteiger partial charge is 0.433 e. The van der Waals surface area contributed by atoms with Crippen LogP contribution in [0.25, 0.3) is 11.3 Å². The van der Waals surface area contributed by atoms with Crippen molar-refractivity contribution in [2.24, 2.45) is 17.8 Å². The summed E-state index contributed by atoms with van der Waals surface area (Å²) in [5.74, 6) is 2.64. The van der Waals surface area contributed by atoms with Crippen molar-refractivity contribution in [2.45, 2.75) is 50.1 Å². The molecule has 0 amide bonds. The SMILES string of the molecule is COc1ccc(-c2n[nH]c(C(F)(F)F)c2C23CC4CC(CC(C4)C2)C3)cc1OC. The van der Waals surface area contributed by atoms with Crippen LogP contribution in [-0.4, -0.2) is 24.4 Å². The second-order valence-electron chi connectivity index (χ2n) is 9.09. The first-order valence-corrected chi connectivity index (χ1v) is 10.2. The molecule has 4 bridgehead atoms. The zero-order valence-corrected chi connectivity index (χ0v) is 16.6. The number of methoxy groups -OCH3 is 2. The highest BCUT2D eigenvalue weighted by molar-refractivity contribution is 5.69. The Morgan fingerprint density at radius 1 is 0.966 bits per heavy atom. The molecule has 2 aromatic rings. The van der Waals surface area contributed by atoms with E-state index in [9.17, 15) is 13.2 Å². The number of nitrogens with zero attached hydrogens (tertiary/aromatic N) is 1. The summed E-state index contributed by atoms with van der Waals surface area (Å²) in [7, 11) is 3.06. The fourth-order valence-corrected chi connectivity index (χ4v) is 6.67. The Morgan fingerprint density at radius 3 is 2.07 bits per heavy atom. The first-order chi connectivity index (χ1) is 13.8. The van der Waals surface area contributed by atoms with E-state index in [2.05, 4.69) is 10.2 Å². The monoisotopic (exact) mass is 406 g/mol. The van der Waals surface area contributed by atoms with Crippen molar-refractivity contribution in [3.63, 3.8) is 0 Å². The third-order valence-corrected chi connectivity index (χ3v) is 7.28. The molecule has 156 valence electrons. The van der Waals surface area contributed by atoms with E-state index in [0.717, 1.165) is 19.3 Å². The molecule has 0 saturated heterocycles. The van der Waals surface area contributed by atoms with E-state index < -0.39 is 17.3 Å². The van der Waals surface area contributed by atoms with Crippen molar-refractivity contribution in [1.82, 2.24) is 10.2 Å². The van der Waals surface area contributed by atoms with Gasteiger partial charge in [0, 0.05) is 16.5 Å². The number of hydrogen-bond acceptors (Lipinski definition) is 3. The Morgan fingerprint density at radius 2 is 1.55 bits per heavy atom. The molecule has 1 aromatic heterocycles. The molecule has 0 unspecified atom stereocenters. The highest BCUT2D eigenvalue weighted by Gasteiger charge is 2.55. The molecule has 1 aromatic carbocycles. The molecule has 1 N–H and O–H groups in total. The number of nitrogens with one attached hydrogen (secondary N) is 1. The molecule has 6 rings (SSSR count). The average molecular weight is 406 g/mol. The van der Waals surface area contributed by atoms with Gasteiger partial charge in [-0.3, -0.25) is 5.10 Å². The average Bonchev–Trinajstić information content (AvgIpc) is 3.13. The topological polar surface area (TPSA) is 47.1 Å². The Kier molecular flexibility index (Phi) is 4.16. The van der Waals surface area contributed by atoms with Crippen LogP contribution >= 0.6 is 0 Å². The van der Waals surface area contributed by atoms with Gasteiger partial charge in [-0.2, -0.15) is 18.3 Å². The summed E-state index contributed by atoms with van der Waals surface area (Å²) in [5.41, 5.74) is 0.288. The molecule has 1 heterocycles. The number of benzene rings is 1. The molecule has 29 heavy (non-hydrogen) atoms. The lowest BCUT2D eigenvalue weighted by molar-refractivity contribution is -0.143. The minimum absolute atomic E-state index is 0.372. The number of aromatic amines is 1. The lowest BCUT2D eigenvalue weighted by Gasteiger charge is -2.57. The van der Waals surface area contributed by atoms with Crippen LogP contribution < -0.4 is 9.47 Å². The summed E-state index contributed by atoms with van der Waals surface area (Å²) < 4.78 is 52.7. The van der Waals surface area contributed by atoms with E-state index in [1.807, 2.05) is 0 Å². The van der Waals surface area contributed by atoms with Gasteiger partial charge in [0.05, 0.1) is 19.9 Å². The summed E-state index contributed by atoms with van der Waals surface area (Å²) in [5, 5.41) is 6.56. The van der Waals surface area contributed by atoms with Gasteiger partial charge in [0.2, 0.25) is 0 Å². The molecule has 4 fully saturated rings. The van der Waals surface area contributed by atoms with Crippen LogP contribution in [0.15, 0.2) is 18.2 Å². The van der Waals surface area contributed by atoms with Gasteiger partial charge in [0.1, 0.15) is 5.69 Å². The minimum atomic E-state index is -4.46. The van der Waals surface area contributed by atoms with Gasteiger partial charge < -0.3 is 9.47 Å². The van der Waals surface area contributed by atoms with Crippen molar-refractivity contribution < 1.29 is 22.6 Å². The van der Waals surface area contributed by atoms with Crippen LogP contribution in [0.2, 0.25) is 0 Å². The van der Waals surface area contributed by atoms with Gasteiger partial charge in [-0.25, -0.2) is 0 Å². The highest BCUT2D eigenvalue weighted by Crippen LogP contribution is 2.63. The van der Waals surface area contributed by atoms with Gasteiger partial charge in [0.25, 0.3) is 0 Å². The van der Waals surface area contributed by atoms with Gasteiger partial charge in [-0.15, -0.1) is 0 Å². The molecule has 0 atom stereocenters. The molecular weight excluding hydrogens is 381 g/mol. The second-order valence-corrected chi connectivity index (χ2v) is 9.09. The predicted octanol–water partition coefficient (Wildman–Crippen LogP) is 5.58.